The maximum absolute atomic E-state index is 12.1. The molecule has 0 spiro atoms. The highest BCUT2D eigenvalue weighted by atomic mass is 35.5. The summed E-state index contributed by atoms with van der Waals surface area (Å²) in [7, 11) is 0. The van der Waals surface area contributed by atoms with Crippen molar-refractivity contribution in [3.05, 3.63) is 40.4 Å². The number of anilines is 2. The highest BCUT2D eigenvalue weighted by Crippen LogP contribution is 2.21. The largest absolute Gasteiger partial charge is 0.462 e. The van der Waals surface area contributed by atoms with Crippen molar-refractivity contribution in [1.29, 1.82) is 0 Å². The molecule has 0 radical (unpaired) electrons. The lowest BCUT2D eigenvalue weighted by atomic mass is 10.2. The van der Waals surface area contributed by atoms with Gasteiger partial charge in [0.15, 0.2) is 0 Å². The molecule has 116 valence electrons. The number of esters is 1. The third kappa shape index (κ3) is 4.54. The molecule has 1 N–H and O–H groups in total. The Labute approximate surface area is 137 Å². The summed E-state index contributed by atoms with van der Waals surface area (Å²) in [4.78, 5) is 23.6. The number of carbonyl (C=O) groups excluding carboxylic acids is 1. The van der Waals surface area contributed by atoms with Crippen LogP contribution in [0.3, 0.4) is 0 Å². The Hall–Kier alpha value is -1.92. The Balaban J connectivity index is 2.19. The van der Waals surface area contributed by atoms with Gasteiger partial charge in [-0.25, -0.2) is 4.79 Å². The van der Waals surface area contributed by atoms with Crippen LogP contribution in [-0.2, 0) is 4.74 Å². The van der Waals surface area contributed by atoms with E-state index in [-0.39, 0.29) is 16.5 Å². The van der Waals surface area contributed by atoms with Crippen molar-refractivity contribution < 1.29 is 9.53 Å². The van der Waals surface area contributed by atoms with Gasteiger partial charge in [0.2, 0.25) is 16.5 Å². The molecule has 1 aromatic heterocycles. The molecule has 0 aliphatic carbocycles. The number of benzene rings is 1. The van der Waals surface area contributed by atoms with Gasteiger partial charge in [-0.2, -0.15) is 15.0 Å². The summed E-state index contributed by atoms with van der Waals surface area (Å²) >= 11 is 11.4. The van der Waals surface area contributed by atoms with Crippen LogP contribution in [0.1, 0.15) is 30.1 Å². The molecule has 22 heavy (non-hydrogen) atoms. The number of unbranched alkanes of at least 4 members (excludes halogenated alkanes) is 1. The van der Waals surface area contributed by atoms with Crippen LogP contribution in [0.15, 0.2) is 24.3 Å². The molecule has 0 aliphatic rings. The minimum Gasteiger partial charge on any atom is -0.462 e. The van der Waals surface area contributed by atoms with E-state index in [2.05, 4.69) is 20.3 Å². The number of ether oxygens (including phenoxy) is 1. The molecule has 8 heteroatoms. The van der Waals surface area contributed by atoms with Crippen LogP contribution in [0.2, 0.25) is 10.6 Å². The molecule has 0 aliphatic heterocycles. The summed E-state index contributed by atoms with van der Waals surface area (Å²) in [5, 5.41) is 2.82. The number of carbonyl (C=O) groups is 1. The zero-order chi connectivity index (χ0) is 15.9. The number of para-hydroxylation sites is 1. The molecule has 0 unspecified atom stereocenters. The highest BCUT2D eigenvalue weighted by molar-refractivity contribution is 6.31. The van der Waals surface area contributed by atoms with Crippen molar-refractivity contribution in [3.8, 4) is 0 Å². The molecule has 1 heterocycles. The lowest BCUT2D eigenvalue weighted by Crippen LogP contribution is -2.10. The topological polar surface area (TPSA) is 77.0 Å². The smallest absolute Gasteiger partial charge is 0.340 e. The summed E-state index contributed by atoms with van der Waals surface area (Å²) in [5.41, 5.74) is 0.883. The molecule has 0 atom stereocenters. The number of halogens is 2. The first-order valence-corrected chi connectivity index (χ1v) is 7.46. The minimum absolute atomic E-state index is 0.0366. The van der Waals surface area contributed by atoms with Crippen LogP contribution in [0, 0.1) is 0 Å². The summed E-state index contributed by atoms with van der Waals surface area (Å²) < 4.78 is 5.21. The Morgan fingerprint density at radius 2 is 1.86 bits per heavy atom. The maximum Gasteiger partial charge on any atom is 0.340 e. The van der Waals surface area contributed by atoms with E-state index in [1.165, 1.54) is 0 Å². The van der Waals surface area contributed by atoms with E-state index in [4.69, 9.17) is 27.9 Å². The minimum atomic E-state index is -0.414. The average molecular weight is 341 g/mol. The standard InChI is InChI=1S/C14H14Cl2N4O2/c1-2-3-8-22-11(21)9-6-4-5-7-10(9)17-14-19-12(15)18-13(16)20-14/h4-7H,2-3,8H2,1H3,(H,17,18,19,20). The summed E-state index contributed by atoms with van der Waals surface area (Å²) in [6, 6.07) is 6.88. The van der Waals surface area contributed by atoms with Gasteiger partial charge in [0.1, 0.15) is 0 Å². The highest BCUT2D eigenvalue weighted by Gasteiger charge is 2.13. The zero-order valence-electron chi connectivity index (χ0n) is 11.8. The van der Waals surface area contributed by atoms with E-state index in [0.29, 0.717) is 17.9 Å². The van der Waals surface area contributed by atoms with Crippen LogP contribution in [0.4, 0.5) is 11.6 Å². The van der Waals surface area contributed by atoms with Gasteiger partial charge in [0.25, 0.3) is 0 Å². The van der Waals surface area contributed by atoms with Gasteiger partial charge in [-0.1, -0.05) is 25.5 Å². The van der Waals surface area contributed by atoms with Crippen LogP contribution in [0.25, 0.3) is 0 Å². The molecule has 0 amide bonds. The lowest BCUT2D eigenvalue weighted by molar-refractivity contribution is 0.0501. The van der Waals surface area contributed by atoms with Gasteiger partial charge >= 0.3 is 5.97 Å². The predicted octanol–water partition coefficient (Wildman–Crippen LogP) is 3.88. The van der Waals surface area contributed by atoms with Gasteiger partial charge < -0.3 is 10.1 Å². The second kappa shape index (κ2) is 7.91. The first-order chi connectivity index (χ1) is 10.6. The van der Waals surface area contributed by atoms with Crippen molar-refractivity contribution in [2.75, 3.05) is 11.9 Å². The quantitative estimate of drug-likeness (QED) is 0.635. The Morgan fingerprint density at radius 3 is 2.55 bits per heavy atom. The third-order valence-electron chi connectivity index (χ3n) is 2.71. The number of nitrogens with one attached hydrogen (secondary N) is 1. The Morgan fingerprint density at radius 1 is 1.18 bits per heavy atom. The van der Waals surface area contributed by atoms with Crippen molar-refractivity contribution in [1.82, 2.24) is 15.0 Å². The van der Waals surface area contributed by atoms with E-state index in [0.717, 1.165) is 12.8 Å². The first kappa shape index (κ1) is 16.5. The molecule has 6 nitrogen and oxygen atoms in total. The fraction of sp³-hybridized carbons (Fsp3) is 0.286. The van der Waals surface area contributed by atoms with Gasteiger partial charge in [-0.3, -0.25) is 0 Å². The van der Waals surface area contributed by atoms with E-state index in [1.54, 1.807) is 24.3 Å². The van der Waals surface area contributed by atoms with Crippen LogP contribution in [-0.4, -0.2) is 27.5 Å². The van der Waals surface area contributed by atoms with E-state index >= 15 is 0 Å². The SMILES string of the molecule is CCCCOC(=O)c1ccccc1Nc1nc(Cl)nc(Cl)n1. The number of rotatable bonds is 6. The zero-order valence-corrected chi connectivity index (χ0v) is 13.4. The second-order valence-corrected chi connectivity index (χ2v) is 5.03. The van der Waals surface area contributed by atoms with Gasteiger partial charge in [0, 0.05) is 0 Å². The molecule has 2 aromatic rings. The third-order valence-corrected chi connectivity index (χ3v) is 3.04. The molecule has 0 fully saturated rings. The molecular weight excluding hydrogens is 327 g/mol. The molecule has 0 saturated carbocycles. The number of aromatic nitrogens is 3. The van der Waals surface area contributed by atoms with Crippen molar-refractivity contribution in [3.63, 3.8) is 0 Å². The number of hydrogen-bond donors (Lipinski definition) is 1. The van der Waals surface area contributed by atoms with Crippen molar-refractivity contribution in [2.45, 2.75) is 19.8 Å². The monoisotopic (exact) mass is 340 g/mol. The van der Waals surface area contributed by atoms with E-state index in [1.807, 2.05) is 6.92 Å². The van der Waals surface area contributed by atoms with E-state index < -0.39 is 5.97 Å². The van der Waals surface area contributed by atoms with Gasteiger partial charge in [0.05, 0.1) is 17.9 Å². The predicted molar refractivity (Wildman–Crippen MR) is 84.8 cm³/mol. The Kier molecular flexibility index (Phi) is 5.91. The molecule has 0 saturated heterocycles. The van der Waals surface area contributed by atoms with Crippen LogP contribution >= 0.6 is 23.2 Å². The molecular formula is C14H14Cl2N4O2. The number of hydrogen-bond acceptors (Lipinski definition) is 6. The van der Waals surface area contributed by atoms with Crippen molar-refractivity contribution >= 4 is 40.8 Å². The summed E-state index contributed by atoms with van der Waals surface area (Å²) in [5.74, 6) is -0.262. The normalized spacial score (nSPS) is 10.3. The summed E-state index contributed by atoms with van der Waals surface area (Å²) in [6.45, 7) is 2.41. The Bertz CT molecular complexity index is 647. The number of nitrogens with zero attached hydrogens (tertiary/aromatic N) is 3. The lowest BCUT2D eigenvalue weighted by Gasteiger charge is -2.10. The van der Waals surface area contributed by atoms with Crippen LogP contribution in [0.5, 0.6) is 0 Å². The van der Waals surface area contributed by atoms with Gasteiger partial charge in [-0.15, -0.1) is 0 Å². The van der Waals surface area contributed by atoms with Gasteiger partial charge in [-0.05, 0) is 41.8 Å². The molecule has 1 aromatic carbocycles. The molecule has 0 bridgehead atoms. The molecule has 2 rings (SSSR count). The average Bonchev–Trinajstić information content (AvgIpc) is 2.47. The van der Waals surface area contributed by atoms with E-state index in [9.17, 15) is 4.79 Å². The maximum atomic E-state index is 12.1. The fourth-order valence-corrected chi connectivity index (χ4v) is 2.02. The first-order valence-electron chi connectivity index (χ1n) is 6.70. The van der Waals surface area contributed by atoms with Crippen molar-refractivity contribution in [2.24, 2.45) is 0 Å². The summed E-state index contributed by atoms with van der Waals surface area (Å²) in [6.07, 6.45) is 1.77. The van der Waals surface area contributed by atoms with Crippen LogP contribution < -0.4 is 5.32 Å². The fourth-order valence-electron chi connectivity index (χ4n) is 1.66. The second-order valence-electron chi connectivity index (χ2n) is 4.36.